The fraction of sp³-hybridized carbons (Fsp3) is 0.107. The fourth-order valence-corrected chi connectivity index (χ4v) is 3.71. The Balaban J connectivity index is 1.34. The average molecular weight is 452 g/mol. The van der Waals surface area contributed by atoms with Crippen molar-refractivity contribution >= 4 is 34.5 Å². The van der Waals surface area contributed by atoms with E-state index in [0.717, 1.165) is 27.6 Å². The summed E-state index contributed by atoms with van der Waals surface area (Å²) in [5, 5.41) is 8.81. The Morgan fingerprint density at radius 2 is 1.59 bits per heavy atom. The predicted octanol–water partition coefficient (Wildman–Crippen LogP) is 5.12. The number of nitrogens with zero attached hydrogens (tertiary/aromatic N) is 1. The summed E-state index contributed by atoms with van der Waals surface area (Å²) in [7, 11) is 0. The minimum atomic E-state index is -0.848. The van der Waals surface area contributed by atoms with Crippen LogP contribution in [0, 0.1) is 13.8 Å². The summed E-state index contributed by atoms with van der Waals surface area (Å²) in [5.74, 6) is -0.955. The van der Waals surface area contributed by atoms with E-state index in [2.05, 4.69) is 34.0 Å². The van der Waals surface area contributed by atoms with Gasteiger partial charge in [-0.3, -0.25) is 9.59 Å². The van der Waals surface area contributed by atoms with Crippen LogP contribution in [0.1, 0.15) is 22.3 Å². The van der Waals surface area contributed by atoms with Gasteiger partial charge in [-0.1, -0.05) is 60.7 Å². The molecule has 170 valence electrons. The van der Waals surface area contributed by atoms with Crippen molar-refractivity contribution in [1.82, 2.24) is 5.43 Å². The number of aryl methyl sites for hydroxylation is 2. The van der Waals surface area contributed by atoms with Gasteiger partial charge in [0, 0.05) is 5.69 Å². The number of benzene rings is 4. The molecule has 0 aliphatic carbocycles. The van der Waals surface area contributed by atoms with Crippen LogP contribution >= 0.6 is 0 Å². The van der Waals surface area contributed by atoms with Gasteiger partial charge in [-0.2, -0.15) is 5.10 Å². The van der Waals surface area contributed by atoms with E-state index in [4.69, 9.17) is 4.74 Å². The molecule has 0 aliphatic rings. The molecule has 4 aromatic carbocycles. The van der Waals surface area contributed by atoms with Crippen LogP contribution in [0.25, 0.3) is 10.8 Å². The highest BCUT2D eigenvalue weighted by atomic mass is 16.5. The number of hydrazone groups is 1. The zero-order chi connectivity index (χ0) is 23.9. The molecule has 0 aromatic heterocycles. The molecular formula is C28H25N3O3. The highest BCUT2D eigenvalue weighted by molar-refractivity contribution is 6.39. The Bertz CT molecular complexity index is 1350. The van der Waals surface area contributed by atoms with Crippen molar-refractivity contribution in [2.24, 2.45) is 5.10 Å². The first-order valence-corrected chi connectivity index (χ1v) is 10.9. The highest BCUT2D eigenvalue weighted by Gasteiger charge is 2.13. The Morgan fingerprint density at radius 1 is 0.853 bits per heavy atom. The molecule has 0 spiro atoms. The van der Waals surface area contributed by atoms with Crippen LogP contribution in [0.2, 0.25) is 0 Å². The molecule has 0 bridgehead atoms. The summed E-state index contributed by atoms with van der Waals surface area (Å²) in [5.41, 5.74) is 6.64. The molecule has 4 aromatic rings. The third kappa shape index (κ3) is 5.86. The van der Waals surface area contributed by atoms with Crippen molar-refractivity contribution in [3.63, 3.8) is 0 Å². The molecule has 0 radical (unpaired) electrons. The van der Waals surface area contributed by atoms with E-state index in [1.807, 2.05) is 68.4 Å². The fourth-order valence-electron chi connectivity index (χ4n) is 3.71. The van der Waals surface area contributed by atoms with Crippen molar-refractivity contribution < 1.29 is 14.3 Å². The van der Waals surface area contributed by atoms with Gasteiger partial charge in [0.25, 0.3) is 0 Å². The van der Waals surface area contributed by atoms with E-state index < -0.39 is 11.8 Å². The van der Waals surface area contributed by atoms with Crippen LogP contribution < -0.4 is 15.5 Å². The Labute approximate surface area is 198 Å². The van der Waals surface area contributed by atoms with Gasteiger partial charge in [-0.15, -0.1) is 0 Å². The van der Waals surface area contributed by atoms with Gasteiger partial charge in [0.2, 0.25) is 0 Å². The molecule has 0 atom stereocenters. The molecular weight excluding hydrogens is 426 g/mol. The lowest BCUT2D eigenvalue weighted by Gasteiger charge is -2.09. The summed E-state index contributed by atoms with van der Waals surface area (Å²) in [6.07, 6.45) is 1.47. The van der Waals surface area contributed by atoms with Gasteiger partial charge >= 0.3 is 11.8 Å². The smallest absolute Gasteiger partial charge is 0.329 e. The predicted molar refractivity (Wildman–Crippen MR) is 135 cm³/mol. The lowest BCUT2D eigenvalue weighted by atomic mass is 10.1. The molecule has 0 unspecified atom stereocenters. The van der Waals surface area contributed by atoms with Crippen molar-refractivity contribution in [3.8, 4) is 5.75 Å². The zero-order valence-electron chi connectivity index (χ0n) is 19.0. The van der Waals surface area contributed by atoms with Gasteiger partial charge in [0.1, 0.15) is 12.4 Å². The molecule has 6 nitrogen and oxygen atoms in total. The van der Waals surface area contributed by atoms with Crippen LogP contribution in [-0.2, 0) is 16.2 Å². The number of ether oxygens (including phenoxy) is 1. The second-order valence-corrected chi connectivity index (χ2v) is 8.03. The maximum Gasteiger partial charge on any atom is 0.329 e. The van der Waals surface area contributed by atoms with Gasteiger partial charge in [-0.25, -0.2) is 5.43 Å². The molecule has 6 heteroatoms. The molecule has 0 heterocycles. The summed E-state index contributed by atoms with van der Waals surface area (Å²) in [6.45, 7) is 4.27. The quantitative estimate of drug-likeness (QED) is 0.242. The second-order valence-electron chi connectivity index (χ2n) is 8.03. The lowest BCUT2D eigenvalue weighted by Crippen LogP contribution is -2.32. The average Bonchev–Trinajstić information content (AvgIpc) is 2.82. The first-order valence-electron chi connectivity index (χ1n) is 10.9. The van der Waals surface area contributed by atoms with Gasteiger partial charge < -0.3 is 10.1 Å². The summed E-state index contributed by atoms with van der Waals surface area (Å²) < 4.78 is 5.98. The topological polar surface area (TPSA) is 79.8 Å². The number of anilines is 1. The monoisotopic (exact) mass is 451 g/mol. The standard InChI is InChI=1S/C28H25N3O3/c1-19-13-20(2)15-24(14-19)30-27(32)28(33)31-29-17-21-7-5-11-25(16-21)34-18-23-10-6-9-22-8-3-4-12-26(22)23/h3-17H,18H2,1-2H3,(H,30,32)(H,31,33)/b29-17+. The maximum atomic E-state index is 12.1. The van der Waals surface area contributed by atoms with Crippen molar-refractivity contribution in [2.75, 3.05) is 5.32 Å². The Morgan fingerprint density at radius 3 is 2.41 bits per heavy atom. The number of hydrogen-bond acceptors (Lipinski definition) is 4. The van der Waals surface area contributed by atoms with E-state index in [-0.39, 0.29) is 0 Å². The zero-order valence-corrected chi connectivity index (χ0v) is 19.0. The Hall–Kier alpha value is -4.45. The summed E-state index contributed by atoms with van der Waals surface area (Å²) >= 11 is 0. The van der Waals surface area contributed by atoms with E-state index in [9.17, 15) is 9.59 Å². The lowest BCUT2D eigenvalue weighted by molar-refractivity contribution is -0.136. The molecule has 0 saturated carbocycles. The molecule has 0 fully saturated rings. The minimum absolute atomic E-state index is 0.428. The minimum Gasteiger partial charge on any atom is -0.489 e. The molecule has 0 aliphatic heterocycles. The number of carbonyl (C=O) groups excluding carboxylic acids is 2. The number of carbonyl (C=O) groups is 2. The number of nitrogens with one attached hydrogen (secondary N) is 2. The third-order valence-corrected chi connectivity index (χ3v) is 5.20. The normalized spacial score (nSPS) is 10.9. The Kier molecular flexibility index (Phi) is 6.98. The summed E-state index contributed by atoms with van der Waals surface area (Å²) in [4.78, 5) is 24.2. The van der Waals surface area contributed by atoms with Crippen LogP contribution in [0.15, 0.2) is 90.0 Å². The number of amides is 2. The highest BCUT2D eigenvalue weighted by Crippen LogP contribution is 2.21. The van der Waals surface area contributed by atoms with E-state index in [0.29, 0.717) is 18.0 Å². The van der Waals surface area contributed by atoms with E-state index >= 15 is 0 Å². The van der Waals surface area contributed by atoms with Gasteiger partial charge in [0.15, 0.2) is 0 Å². The van der Waals surface area contributed by atoms with E-state index in [1.165, 1.54) is 11.6 Å². The SMILES string of the molecule is Cc1cc(C)cc(NC(=O)C(=O)N/N=C/c2cccc(OCc3cccc4ccccc34)c2)c1. The van der Waals surface area contributed by atoms with Crippen LogP contribution in [0.5, 0.6) is 5.75 Å². The van der Waals surface area contributed by atoms with Gasteiger partial charge in [0.05, 0.1) is 6.21 Å². The maximum absolute atomic E-state index is 12.1. The molecule has 34 heavy (non-hydrogen) atoms. The van der Waals surface area contributed by atoms with Crippen LogP contribution in [-0.4, -0.2) is 18.0 Å². The molecule has 4 rings (SSSR count). The van der Waals surface area contributed by atoms with Crippen molar-refractivity contribution in [2.45, 2.75) is 20.5 Å². The number of hydrogen-bond donors (Lipinski definition) is 2. The third-order valence-electron chi connectivity index (χ3n) is 5.20. The van der Waals surface area contributed by atoms with Crippen LogP contribution in [0.4, 0.5) is 5.69 Å². The largest absolute Gasteiger partial charge is 0.489 e. The van der Waals surface area contributed by atoms with Crippen molar-refractivity contribution in [1.29, 1.82) is 0 Å². The number of fused-ring (bicyclic) bond motifs is 1. The van der Waals surface area contributed by atoms with Crippen molar-refractivity contribution in [3.05, 3.63) is 107 Å². The number of rotatable bonds is 6. The first kappa shape index (κ1) is 22.7. The van der Waals surface area contributed by atoms with Gasteiger partial charge in [-0.05, 0) is 71.1 Å². The summed E-state index contributed by atoms with van der Waals surface area (Å²) in [6, 6.07) is 27.3. The van der Waals surface area contributed by atoms with E-state index in [1.54, 1.807) is 12.1 Å². The molecule has 2 amide bonds. The van der Waals surface area contributed by atoms with Crippen LogP contribution in [0.3, 0.4) is 0 Å². The first-order chi connectivity index (χ1) is 16.5. The molecule has 0 saturated heterocycles. The second kappa shape index (κ2) is 10.4. The molecule has 2 N–H and O–H groups in total.